The van der Waals surface area contributed by atoms with Gasteiger partial charge in [-0.2, -0.15) is 5.10 Å². The largest absolute Gasteiger partial charge is 0.309 e. The summed E-state index contributed by atoms with van der Waals surface area (Å²) in [6.07, 6.45) is 7.04. The van der Waals surface area contributed by atoms with Gasteiger partial charge in [0, 0.05) is 18.8 Å². The topological polar surface area (TPSA) is 55.6 Å². The molecule has 0 saturated heterocycles. The Hall–Kier alpha value is -1.27. The summed E-state index contributed by atoms with van der Waals surface area (Å²) in [6, 6.07) is 0.443. The van der Waals surface area contributed by atoms with E-state index in [0.717, 1.165) is 16.7 Å². The molecule has 0 aromatic carbocycles. The van der Waals surface area contributed by atoms with E-state index in [1.807, 2.05) is 6.20 Å². The third-order valence-electron chi connectivity index (χ3n) is 2.17. The Bertz CT molecular complexity index is 477. The van der Waals surface area contributed by atoms with Gasteiger partial charge in [-0.05, 0) is 15.9 Å². The molecule has 0 aliphatic heterocycles. The van der Waals surface area contributed by atoms with Crippen LogP contribution >= 0.6 is 15.9 Å². The molecule has 0 unspecified atom stereocenters. The molecule has 1 N–H and O–H groups in total. The van der Waals surface area contributed by atoms with E-state index in [-0.39, 0.29) is 0 Å². The molecular weight excluding hydrogens is 282 g/mol. The second-order valence-corrected chi connectivity index (χ2v) is 4.92. The lowest BCUT2D eigenvalue weighted by Crippen LogP contribution is -2.22. The van der Waals surface area contributed by atoms with Gasteiger partial charge in [-0.1, -0.05) is 13.8 Å². The van der Waals surface area contributed by atoms with Gasteiger partial charge < -0.3 is 5.32 Å². The predicted molar refractivity (Wildman–Crippen MR) is 68.8 cm³/mol. The van der Waals surface area contributed by atoms with Crippen molar-refractivity contribution in [2.45, 2.75) is 26.4 Å². The van der Waals surface area contributed by atoms with Crippen molar-refractivity contribution in [2.75, 3.05) is 0 Å². The lowest BCUT2D eigenvalue weighted by atomic mass is 10.3. The number of aromatic nitrogens is 4. The molecule has 2 heterocycles. The van der Waals surface area contributed by atoms with Crippen molar-refractivity contribution in [1.29, 1.82) is 0 Å². The van der Waals surface area contributed by atoms with Crippen LogP contribution < -0.4 is 5.32 Å². The molecule has 0 aliphatic carbocycles. The number of rotatable bonds is 4. The fourth-order valence-corrected chi connectivity index (χ4v) is 1.58. The van der Waals surface area contributed by atoms with Crippen molar-refractivity contribution in [3.8, 4) is 5.82 Å². The minimum Gasteiger partial charge on any atom is -0.309 e. The average molecular weight is 296 g/mol. The summed E-state index contributed by atoms with van der Waals surface area (Å²) in [5.74, 6) is 0.712. The third-order valence-corrected chi connectivity index (χ3v) is 2.58. The maximum atomic E-state index is 4.34. The van der Waals surface area contributed by atoms with E-state index in [2.05, 4.69) is 50.2 Å². The van der Waals surface area contributed by atoms with Crippen molar-refractivity contribution in [3.05, 3.63) is 35.0 Å². The van der Waals surface area contributed by atoms with Crippen LogP contribution in [0.25, 0.3) is 5.82 Å². The van der Waals surface area contributed by atoms with Gasteiger partial charge in [-0.25, -0.2) is 9.67 Å². The number of hydrogen-bond donors (Lipinski definition) is 1. The quantitative estimate of drug-likeness (QED) is 0.936. The molecule has 5 nitrogen and oxygen atoms in total. The Morgan fingerprint density at radius 1 is 1.29 bits per heavy atom. The summed E-state index contributed by atoms with van der Waals surface area (Å²) in [7, 11) is 0. The maximum absolute atomic E-state index is 4.34. The molecule has 2 aromatic rings. The fourth-order valence-electron chi connectivity index (χ4n) is 1.29. The number of nitrogens with one attached hydrogen (secondary N) is 1. The molecule has 2 aromatic heterocycles. The van der Waals surface area contributed by atoms with Gasteiger partial charge in [0.05, 0.1) is 28.8 Å². The first kappa shape index (κ1) is 12.2. The molecule has 0 radical (unpaired) electrons. The highest BCUT2D eigenvalue weighted by Crippen LogP contribution is 2.09. The molecule has 0 bridgehead atoms. The van der Waals surface area contributed by atoms with Crippen LogP contribution in [-0.4, -0.2) is 25.8 Å². The van der Waals surface area contributed by atoms with Crippen molar-refractivity contribution in [1.82, 2.24) is 25.1 Å². The number of halogens is 1. The van der Waals surface area contributed by atoms with E-state index in [0.29, 0.717) is 11.9 Å². The highest BCUT2D eigenvalue weighted by Gasteiger charge is 2.02. The third kappa shape index (κ3) is 3.34. The summed E-state index contributed by atoms with van der Waals surface area (Å²) in [6.45, 7) is 4.93. The van der Waals surface area contributed by atoms with Gasteiger partial charge in [0.25, 0.3) is 0 Å². The zero-order chi connectivity index (χ0) is 12.3. The number of hydrogen-bond acceptors (Lipinski definition) is 4. The van der Waals surface area contributed by atoms with Crippen LogP contribution in [0.15, 0.2) is 29.3 Å². The number of nitrogens with zero attached hydrogens (tertiary/aromatic N) is 4. The molecule has 17 heavy (non-hydrogen) atoms. The normalized spacial score (nSPS) is 11.1. The second kappa shape index (κ2) is 5.37. The van der Waals surface area contributed by atoms with Crippen molar-refractivity contribution in [2.24, 2.45) is 0 Å². The summed E-state index contributed by atoms with van der Waals surface area (Å²) in [5, 5.41) is 7.43. The van der Waals surface area contributed by atoms with Crippen molar-refractivity contribution in [3.63, 3.8) is 0 Å². The van der Waals surface area contributed by atoms with Crippen molar-refractivity contribution < 1.29 is 0 Å². The Kier molecular flexibility index (Phi) is 3.86. The van der Waals surface area contributed by atoms with Crippen LogP contribution in [0.2, 0.25) is 0 Å². The molecular formula is C11H14BrN5. The second-order valence-electron chi connectivity index (χ2n) is 4.00. The van der Waals surface area contributed by atoms with E-state index >= 15 is 0 Å². The molecule has 0 atom stereocenters. The lowest BCUT2D eigenvalue weighted by Gasteiger charge is -2.07. The molecule has 0 spiro atoms. The van der Waals surface area contributed by atoms with Gasteiger partial charge >= 0.3 is 0 Å². The Labute approximate surface area is 108 Å². The molecule has 0 saturated carbocycles. The van der Waals surface area contributed by atoms with E-state index in [1.165, 1.54) is 0 Å². The molecule has 90 valence electrons. The first-order valence-corrected chi connectivity index (χ1v) is 6.19. The highest BCUT2D eigenvalue weighted by molar-refractivity contribution is 9.10. The fraction of sp³-hybridized carbons (Fsp3) is 0.364. The first-order chi connectivity index (χ1) is 8.15. The molecule has 2 rings (SSSR count). The summed E-state index contributed by atoms with van der Waals surface area (Å²) < 4.78 is 2.60. The van der Waals surface area contributed by atoms with Gasteiger partial charge in [0.2, 0.25) is 0 Å². The predicted octanol–water partition coefficient (Wildman–Crippen LogP) is 1.92. The van der Waals surface area contributed by atoms with E-state index in [4.69, 9.17) is 0 Å². The smallest absolute Gasteiger partial charge is 0.171 e. The summed E-state index contributed by atoms with van der Waals surface area (Å²) >= 11 is 3.34. The van der Waals surface area contributed by atoms with Crippen LogP contribution in [0, 0.1) is 0 Å². The van der Waals surface area contributed by atoms with Crippen LogP contribution in [0.5, 0.6) is 0 Å². The summed E-state index contributed by atoms with van der Waals surface area (Å²) in [5.41, 5.74) is 0.925. The first-order valence-electron chi connectivity index (χ1n) is 5.40. The van der Waals surface area contributed by atoms with E-state index in [9.17, 15) is 0 Å². The Morgan fingerprint density at radius 2 is 2.12 bits per heavy atom. The molecule has 0 fully saturated rings. The monoisotopic (exact) mass is 295 g/mol. The average Bonchev–Trinajstić information content (AvgIpc) is 2.74. The molecule has 0 aliphatic rings. The van der Waals surface area contributed by atoms with Crippen LogP contribution in [0.1, 0.15) is 19.5 Å². The van der Waals surface area contributed by atoms with E-state index < -0.39 is 0 Å². The van der Waals surface area contributed by atoms with Crippen LogP contribution in [0.3, 0.4) is 0 Å². The minimum atomic E-state index is 0.443. The Balaban J connectivity index is 2.07. The van der Waals surface area contributed by atoms with Crippen LogP contribution in [0.4, 0.5) is 0 Å². The molecule has 0 amide bonds. The highest BCUT2D eigenvalue weighted by atomic mass is 79.9. The zero-order valence-corrected chi connectivity index (χ0v) is 11.3. The van der Waals surface area contributed by atoms with Gasteiger partial charge in [0.1, 0.15) is 0 Å². The molecule has 6 heteroatoms. The zero-order valence-electron chi connectivity index (χ0n) is 9.76. The standard InChI is InChI=1S/C11H14BrN5/c1-8(2)13-4-10-5-15-11(6-14-10)17-7-9(12)3-16-17/h3,5-8,13H,4H2,1-2H3. The van der Waals surface area contributed by atoms with E-state index in [1.54, 1.807) is 23.3 Å². The Morgan fingerprint density at radius 3 is 2.65 bits per heavy atom. The lowest BCUT2D eigenvalue weighted by molar-refractivity contribution is 0.579. The minimum absolute atomic E-state index is 0.443. The maximum Gasteiger partial charge on any atom is 0.171 e. The van der Waals surface area contributed by atoms with Crippen molar-refractivity contribution >= 4 is 15.9 Å². The SMILES string of the molecule is CC(C)NCc1cnc(-n2cc(Br)cn2)cn1. The van der Waals surface area contributed by atoms with Crippen LogP contribution in [-0.2, 0) is 6.54 Å². The van der Waals surface area contributed by atoms with Gasteiger partial charge in [-0.15, -0.1) is 0 Å². The van der Waals surface area contributed by atoms with Gasteiger partial charge in [-0.3, -0.25) is 4.98 Å². The summed E-state index contributed by atoms with van der Waals surface area (Å²) in [4.78, 5) is 8.65. The van der Waals surface area contributed by atoms with Gasteiger partial charge in [0.15, 0.2) is 5.82 Å².